The number of hydrogen-bond acceptors (Lipinski definition) is 2. The van der Waals surface area contributed by atoms with Crippen molar-refractivity contribution in [1.29, 1.82) is 0 Å². The highest BCUT2D eigenvalue weighted by Crippen LogP contribution is 2.24. The number of nitrogens with one attached hydrogen (secondary N) is 1. The molecular formula is C13H19NO2. The predicted molar refractivity (Wildman–Crippen MR) is 62.3 cm³/mol. The summed E-state index contributed by atoms with van der Waals surface area (Å²) in [5.41, 5.74) is 0. The van der Waals surface area contributed by atoms with E-state index in [2.05, 4.69) is 12.2 Å². The number of amides is 1. The van der Waals surface area contributed by atoms with E-state index >= 15 is 0 Å². The van der Waals surface area contributed by atoms with Crippen LogP contribution in [0, 0.1) is 12.8 Å². The maximum Gasteiger partial charge on any atom is 0.287 e. The van der Waals surface area contributed by atoms with Crippen molar-refractivity contribution in [3.05, 3.63) is 23.7 Å². The molecule has 1 fully saturated rings. The SMILES string of the molecule is Cc1ccc(C(=O)N[C@H]2CCCC[C@@H]2C)o1. The van der Waals surface area contributed by atoms with Gasteiger partial charge in [-0.3, -0.25) is 4.79 Å². The molecule has 0 spiro atoms. The van der Waals surface area contributed by atoms with Gasteiger partial charge >= 0.3 is 0 Å². The van der Waals surface area contributed by atoms with Crippen molar-refractivity contribution >= 4 is 5.91 Å². The molecule has 0 unspecified atom stereocenters. The normalized spacial score (nSPS) is 25.4. The fourth-order valence-electron chi connectivity index (χ4n) is 2.33. The average Bonchev–Trinajstić information content (AvgIpc) is 2.68. The summed E-state index contributed by atoms with van der Waals surface area (Å²) in [5, 5.41) is 3.07. The number of carbonyl (C=O) groups is 1. The summed E-state index contributed by atoms with van der Waals surface area (Å²) in [6.07, 6.45) is 4.80. The molecular weight excluding hydrogens is 202 g/mol. The van der Waals surface area contributed by atoms with E-state index in [0.717, 1.165) is 12.2 Å². The highest BCUT2D eigenvalue weighted by atomic mass is 16.3. The molecule has 3 nitrogen and oxygen atoms in total. The maximum absolute atomic E-state index is 11.9. The monoisotopic (exact) mass is 221 g/mol. The lowest BCUT2D eigenvalue weighted by atomic mass is 9.86. The highest BCUT2D eigenvalue weighted by molar-refractivity contribution is 5.91. The molecule has 1 aliphatic rings. The summed E-state index contributed by atoms with van der Waals surface area (Å²) < 4.78 is 5.31. The number of aryl methyl sites for hydroxylation is 1. The Labute approximate surface area is 96.2 Å². The summed E-state index contributed by atoms with van der Waals surface area (Å²) in [4.78, 5) is 11.9. The summed E-state index contributed by atoms with van der Waals surface area (Å²) in [6, 6.07) is 3.86. The van der Waals surface area contributed by atoms with E-state index in [9.17, 15) is 4.79 Å². The standard InChI is InChI=1S/C13H19NO2/c1-9-5-3-4-6-11(9)14-13(15)12-8-7-10(2)16-12/h7-9,11H,3-6H2,1-2H3,(H,14,15)/t9-,11-/m0/s1. The van der Waals surface area contributed by atoms with Crippen molar-refractivity contribution < 1.29 is 9.21 Å². The zero-order valence-corrected chi connectivity index (χ0v) is 9.95. The van der Waals surface area contributed by atoms with Gasteiger partial charge in [-0.05, 0) is 37.8 Å². The molecule has 1 aromatic rings. The quantitative estimate of drug-likeness (QED) is 0.834. The highest BCUT2D eigenvalue weighted by Gasteiger charge is 2.24. The Bertz CT molecular complexity index is 370. The second kappa shape index (κ2) is 4.73. The van der Waals surface area contributed by atoms with Crippen molar-refractivity contribution in [2.24, 2.45) is 5.92 Å². The third-order valence-electron chi connectivity index (χ3n) is 3.39. The number of rotatable bonds is 2. The van der Waals surface area contributed by atoms with Crippen LogP contribution in [0.1, 0.15) is 48.9 Å². The zero-order chi connectivity index (χ0) is 11.5. The van der Waals surface area contributed by atoms with Gasteiger partial charge in [0.05, 0.1) is 0 Å². The van der Waals surface area contributed by atoms with E-state index < -0.39 is 0 Å². The summed E-state index contributed by atoms with van der Waals surface area (Å²) >= 11 is 0. The number of furan rings is 1. The first-order chi connectivity index (χ1) is 7.66. The predicted octanol–water partition coefficient (Wildman–Crippen LogP) is 2.90. The zero-order valence-electron chi connectivity index (χ0n) is 9.95. The summed E-state index contributed by atoms with van der Waals surface area (Å²) in [6.45, 7) is 4.05. The van der Waals surface area contributed by atoms with Gasteiger partial charge in [0.2, 0.25) is 0 Å². The van der Waals surface area contributed by atoms with Crippen molar-refractivity contribution in [1.82, 2.24) is 5.32 Å². The molecule has 88 valence electrons. The second-order valence-corrected chi connectivity index (χ2v) is 4.75. The third-order valence-corrected chi connectivity index (χ3v) is 3.39. The van der Waals surface area contributed by atoms with Crippen LogP contribution in [0.3, 0.4) is 0 Å². The molecule has 2 rings (SSSR count). The smallest absolute Gasteiger partial charge is 0.287 e. The Balaban J connectivity index is 1.96. The molecule has 1 aromatic heterocycles. The van der Waals surface area contributed by atoms with Gasteiger partial charge in [0.25, 0.3) is 5.91 Å². The molecule has 2 atom stereocenters. The first-order valence-corrected chi connectivity index (χ1v) is 6.04. The Kier molecular flexibility index (Phi) is 3.32. The van der Waals surface area contributed by atoms with E-state index in [1.54, 1.807) is 6.07 Å². The van der Waals surface area contributed by atoms with E-state index in [1.165, 1.54) is 19.3 Å². The van der Waals surface area contributed by atoms with Gasteiger partial charge in [-0.25, -0.2) is 0 Å². The lowest BCUT2D eigenvalue weighted by Crippen LogP contribution is -2.40. The van der Waals surface area contributed by atoms with Crippen LogP contribution in [0.4, 0.5) is 0 Å². The number of hydrogen-bond donors (Lipinski definition) is 1. The molecule has 1 aliphatic carbocycles. The Morgan fingerprint density at radius 1 is 1.38 bits per heavy atom. The third kappa shape index (κ3) is 2.46. The van der Waals surface area contributed by atoms with E-state index in [-0.39, 0.29) is 5.91 Å². The molecule has 0 aromatic carbocycles. The van der Waals surface area contributed by atoms with E-state index in [4.69, 9.17) is 4.42 Å². The first kappa shape index (κ1) is 11.2. The Morgan fingerprint density at radius 2 is 2.12 bits per heavy atom. The molecule has 0 bridgehead atoms. The molecule has 1 saturated carbocycles. The van der Waals surface area contributed by atoms with Gasteiger partial charge in [-0.2, -0.15) is 0 Å². The average molecular weight is 221 g/mol. The summed E-state index contributed by atoms with van der Waals surface area (Å²) in [7, 11) is 0. The molecule has 1 N–H and O–H groups in total. The lowest BCUT2D eigenvalue weighted by Gasteiger charge is -2.29. The van der Waals surface area contributed by atoms with Crippen molar-refractivity contribution in [3.8, 4) is 0 Å². The van der Waals surface area contributed by atoms with Crippen molar-refractivity contribution in [2.75, 3.05) is 0 Å². The van der Waals surface area contributed by atoms with Gasteiger partial charge in [0, 0.05) is 6.04 Å². The molecule has 1 amide bonds. The minimum absolute atomic E-state index is 0.0770. The minimum atomic E-state index is -0.0770. The Hall–Kier alpha value is -1.25. The van der Waals surface area contributed by atoms with Crippen LogP contribution in [-0.2, 0) is 0 Å². The van der Waals surface area contributed by atoms with Crippen LogP contribution in [-0.4, -0.2) is 11.9 Å². The number of carbonyl (C=O) groups excluding carboxylic acids is 1. The van der Waals surface area contributed by atoms with Gasteiger partial charge in [0.15, 0.2) is 5.76 Å². The van der Waals surface area contributed by atoms with Crippen LogP contribution in [0.5, 0.6) is 0 Å². The molecule has 16 heavy (non-hydrogen) atoms. The van der Waals surface area contributed by atoms with Crippen molar-refractivity contribution in [2.45, 2.75) is 45.6 Å². The molecule has 0 radical (unpaired) electrons. The minimum Gasteiger partial charge on any atom is -0.456 e. The largest absolute Gasteiger partial charge is 0.456 e. The van der Waals surface area contributed by atoms with Gasteiger partial charge in [0.1, 0.15) is 5.76 Å². The first-order valence-electron chi connectivity index (χ1n) is 6.04. The van der Waals surface area contributed by atoms with Crippen LogP contribution in [0.2, 0.25) is 0 Å². The topological polar surface area (TPSA) is 42.2 Å². The van der Waals surface area contributed by atoms with Crippen LogP contribution >= 0.6 is 0 Å². The molecule has 3 heteroatoms. The van der Waals surface area contributed by atoms with Crippen LogP contribution < -0.4 is 5.32 Å². The fraction of sp³-hybridized carbons (Fsp3) is 0.615. The Morgan fingerprint density at radius 3 is 2.75 bits per heavy atom. The second-order valence-electron chi connectivity index (χ2n) is 4.75. The van der Waals surface area contributed by atoms with Gasteiger partial charge in [-0.15, -0.1) is 0 Å². The van der Waals surface area contributed by atoms with Gasteiger partial charge in [-0.1, -0.05) is 19.8 Å². The van der Waals surface area contributed by atoms with Crippen LogP contribution in [0.15, 0.2) is 16.5 Å². The fourth-order valence-corrected chi connectivity index (χ4v) is 2.33. The van der Waals surface area contributed by atoms with Crippen molar-refractivity contribution in [3.63, 3.8) is 0 Å². The van der Waals surface area contributed by atoms with Gasteiger partial charge < -0.3 is 9.73 Å². The van der Waals surface area contributed by atoms with E-state index in [0.29, 0.717) is 17.7 Å². The molecule has 0 saturated heterocycles. The van der Waals surface area contributed by atoms with Crippen LogP contribution in [0.25, 0.3) is 0 Å². The summed E-state index contributed by atoms with van der Waals surface area (Å²) in [5.74, 6) is 1.71. The molecule has 0 aliphatic heterocycles. The lowest BCUT2D eigenvalue weighted by molar-refractivity contribution is 0.0880. The molecule has 1 heterocycles. The van der Waals surface area contributed by atoms with E-state index in [1.807, 2.05) is 13.0 Å². The maximum atomic E-state index is 11.9.